The van der Waals surface area contributed by atoms with Gasteiger partial charge in [-0.15, -0.1) is 0 Å². The Morgan fingerprint density at radius 3 is 2.41 bits per heavy atom. The molecule has 29 heavy (non-hydrogen) atoms. The number of carbonyl (C=O) groups is 2. The molecular weight excluding hydrogens is 368 g/mol. The molecule has 8 nitrogen and oxygen atoms in total. The van der Waals surface area contributed by atoms with Crippen LogP contribution in [0.25, 0.3) is 5.65 Å². The zero-order chi connectivity index (χ0) is 20.1. The van der Waals surface area contributed by atoms with Gasteiger partial charge < -0.3 is 19.9 Å². The standard InChI is InChI=1S/C21H24N6O2/c28-20(24-7-12-26-10-1-2-11-26)17-5-3-16(4-6-17)15-25-21(29)18-19-23-9-14-27(19)13-8-22-18/h3-6,8-9,13-14H,1-2,7,10-12,15H2,(H,24,28)(H,25,29). The van der Waals surface area contributed by atoms with Crippen LogP contribution < -0.4 is 10.6 Å². The number of likely N-dealkylation sites (tertiary alicyclic amines) is 1. The number of benzene rings is 1. The summed E-state index contributed by atoms with van der Waals surface area (Å²) in [4.78, 5) is 35.4. The number of amides is 2. The van der Waals surface area contributed by atoms with E-state index in [0.29, 0.717) is 24.3 Å². The van der Waals surface area contributed by atoms with Crippen LogP contribution >= 0.6 is 0 Å². The first-order valence-electron chi connectivity index (χ1n) is 9.86. The third-order valence-corrected chi connectivity index (χ3v) is 5.11. The van der Waals surface area contributed by atoms with Gasteiger partial charge in [0.2, 0.25) is 0 Å². The largest absolute Gasteiger partial charge is 0.351 e. The number of rotatable bonds is 7. The Labute approximate surface area is 169 Å². The van der Waals surface area contributed by atoms with Crippen molar-refractivity contribution in [2.24, 2.45) is 0 Å². The Morgan fingerprint density at radius 1 is 0.931 bits per heavy atom. The van der Waals surface area contributed by atoms with Crippen LogP contribution in [0.15, 0.2) is 49.1 Å². The van der Waals surface area contributed by atoms with Gasteiger partial charge >= 0.3 is 0 Å². The Hall–Kier alpha value is -3.26. The summed E-state index contributed by atoms with van der Waals surface area (Å²) in [6.45, 7) is 4.15. The van der Waals surface area contributed by atoms with Crippen molar-refractivity contribution < 1.29 is 9.59 Å². The third-order valence-electron chi connectivity index (χ3n) is 5.11. The first-order chi connectivity index (χ1) is 14.2. The molecule has 2 aromatic heterocycles. The Balaban J connectivity index is 1.28. The predicted octanol–water partition coefficient (Wildman–Crippen LogP) is 1.48. The first-order valence-corrected chi connectivity index (χ1v) is 9.86. The number of nitrogens with zero attached hydrogens (tertiary/aromatic N) is 4. The van der Waals surface area contributed by atoms with Crippen LogP contribution in [0.5, 0.6) is 0 Å². The lowest BCUT2D eigenvalue weighted by atomic mass is 10.1. The van der Waals surface area contributed by atoms with Gasteiger partial charge in [0.1, 0.15) is 0 Å². The molecule has 0 radical (unpaired) electrons. The van der Waals surface area contributed by atoms with Crippen molar-refractivity contribution in [3.05, 3.63) is 65.9 Å². The number of nitrogens with one attached hydrogen (secondary N) is 2. The Morgan fingerprint density at radius 2 is 1.66 bits per heavy atom. The van der Waals surface area contributed by atoms with Gasteiger partial charge in [0, 0.05) is 50.0 Å². The maximum atomic E-state index is 12.4. The zero-order valence-electron chi connectivity index (χ0n) is 16.2. The quantitative estimate of drug-likeness (QED) is 0.636. The number of imidazole rings is 1. The van der Waals surface area contributed by atoms with E-state index < -0.39 is 0 Å². The van der Waals surface area contributed by atoms with E-state index in [2.05, 4.69) is 25.5 Å². The summed E-state index contributed by atoms with van der Waals surface area (Å²) in [5, 5.41) is 5.81. The number of fused-ring (bicyclic) bond motifs is 1. The first kappa shape index (κ1) is 19.1. The SMILES string of the molecule is O=C(NCCN1CCCC1)c1ccc(CNC(=O)c2nccn3ccnc23)cc1. The molecule has 2 N–H and O–H groups in total. The summed E-state index contributed by atoms with van der Waals surface area (Å²) in [5.41, 5.74) is 2.32. The predicted molar refractivity (Wildman–Crippen MR) is 109 cm³/mol. The van der Waals surface area contributed by atoms with Gasteiger partial charge in [0.05, 0.1) is 0 Å². The highest BCUT2D eigenvalue weighted by molar-refractivity contribution is 5.97. The number of carbonyl (C=O) groups excluding carboxylic acids is 2. The van der Waals surface area contributed by atoms with Crippen LogP contribution in [0, 0.1) is 0 Å². The summed E-state index contributed by atoms with van der Waals surface area (Å²) in [6, 6.07) is 7.25. The second-order valence-electron chi connectivity index (χ2n) is 7.12. The molecule has 1 aliphatic rings. The van der Waals surface area contributed by atoms with Gasteiger partial charge in [0.15, 0.2) is 11.3 Å². The van der Waals surface area contributed by atoms with Crippen LogP contribution in [0.1, 0.15) is 39.3 Å². The minimum absolute atomic E-state index is 0.0741. The molecular formula is C21H24N6O2. The third kappa shape index (κ3) is 4.60. The fraction of sp³-hybridized carbons (Fsp3) is 0.333. The van der Waals surface area contributed by atoms with Crippen LogP contribution in [0.4, 0.5) is 0 Å². The minimum Gasteiger partial charge on any atom is -0.351 e. The van der Waals surface area contributed by atoms with Gasteiger partial charge in [-0.2, -0.15) is 0 Å². The van der Waals surface area contributed by atoms with E-state index in [4.69, 9.17) is 0 Å². The maximum absolute atomic E-state index is 12.4. The molecule has 3 heterocycles. The Bertz CT molecular complexity index is 992. The van der Waals surface area contributed by atoms with Crippen LogP contribution in [0.3, 0.4) is 0 Å². The van der Waals surface area contributed by atoms with Crippen molar-refractivity contribution in [2.45, 2.75) is 19.4 Å². The van der Waals surface area contributed by atoms with Crippen LogP contribution in [-0.2, 0) is 6.54 Å². The number of hydrogen-bond acceptors (Lipinski definition) is 5. The van der Waals surface area contributed by atoms with Crippen molar-refractivity contribution in [2.75, 3.05) is 26.2 Å². The molecule has 150 valence electrons. The van der Waals surface area contributed by atoms with Crippen molar-refractivity contribution in [3.8, 4) is 0 Å². The highest BCUT2D eigenvalue weighted by Crippen LogP contribution is 2.08. The smallest absolute Gasteiger partial charge is 0.274 e. The molecule has 0 saturated carbocycles. The van der Waals surface area contributed by atoms with E-state index in [1.54, 1.807) is 41.3 Å². The van der Waals surface area contributed by atoms with Crippen molar-refractivity contribution in [3.63, 3.8) is 0 Å². The van der Waals surface area contributed by atoms with Gasteiger partial charge in [-0.05, 0) is 43.6 Å². The second-order valence-corrected chi connectivity index (χ2v) is 7.12. The molecule has 0 spiro atoms. The summed E-state index contributed by atoms with van der Waals surface area (Å²) in [6.07, 6.45) is 9.21. The molecule has 0 atom stereocenters. The lowest BCUT2D eigenvalue weighted by molar-refractivity contribution is 0.0939. The zero-order valence-corrected chi connectivity index (χ0v) is 16.2. The average molecular weight is 392 g/mol. The monoisotopic (exact) mass is 392 g/mol. The van der Waals surface area contributed by atoms with E-state index in [-0.39, 0.29) is 17.5 Å². The van der Waals surface area contributed by atoms with Crippen molar-refractivity contribution in [1.29, 1.82) is 0 Å². The number of hydrogen-bond donors (Lipinski definition) is 2. The average Bonchev–Trinajstić information content (AvgIpc) is 3.44. The van der Waals surface area contributed by atoms with Crippen molar-refractivity contribution in [1.82, 2.24) is 29.9 Å². The Kier molecular flexibility index (Phi) is 5.81. The molecule has 0 unspecified atom stereocenters. The summed E-state index contributed by atoms with van der Waals surface area (Å²) in [7, 11) is 0. The molecule has 1 saturated heterocycles. The van der Waals surface area contributed by atoms with Crippen LogP contribution in [0.2, 0.25) is 0 Å². The van der Waals surface area contributed by atoms with E-state index >= 15 is 0 Å². The summed E-state index contributed by atoms with van der Waals surface area (Å²) in [5.74, 6) is -0.361. The van der Waals surface area contributed by atoms with E-state index in [1.165, 1.54) is 12.8 Å². The van der Waals surface area contributed by atoms with Gasteiger partial charge in [-0.3, -0.25) is 9.59 Å². The molecule has 4 rings (SSSR count). The highest BCUT2D eigenvalue weighted by atomic mass is 16.2. The molecule has 1 aliphatic heterocycles. The fourth-order valence-electron chi connectivity index (χ4n) is 3.49. The second kappa shape index (κ2) is 8.83. The lowest BCUT2D eigenvalue weighted by Crippen LogP contribution is -2.33. The lowest BCUT2D eigenvalue weighted by Gasteiger charge is -2.14. The molecule has 0 aliphatic carbocycles. The molecule has 3 aromatic rings. The van der Waals surface area contributed by atoms with Gasteiger partial charge in [0.25, 0.3) is 11.8 Å². The molecule has 0 bridgehead atoms. The molecule has 2 amide bonds. The molecule has 1 aromatic carbocycles. The fourth-order valence-corrected chi connectivity index (χ4v) is 3.49. The topological polar surface area (TPSA) is 91.6 Å². The molecule has 8 heteroatoms. The minimum atomic E-state index is -0.287. The molecule has 1 fully saturated rings. The normalized spacial score (nSPS) is 14.2. The van der Waals surface area contributed by atoms with Gasteiger partial charge in [-0.1, -0.05) is 12.1 Å². The van der Waals surface area contributed by atoms with Crippen molar-refractivity contribution >= 4 is 17.5 Å². The maximum Gasteiger partial charge on any atom is 0.274 e. The van der Waals surface area contributed by atoms with E-state index in [9.17, 15) is 9.59 Å². The van der Waals surface area contributed by atoms with Gasteiger partial charge in [-0.25, -0.2) is 9.97 Å². The highest BCUT2D eigenvalue weighted by Gasteiger charge is 2.14. The summed E-state index contributed by atoms with van der Waals surface area (Å²) >= 11 is 0. The van der Waals surface area contributed by atoms with E-state index in [0.717, 1.165) is 25.2 Å². The van der Waals surface area contributed by atoms with Crippen LogP contribution in [-0.4, -0.2) is 57.3 Å². The number of aromatic nitrogens is 3. The van der Waals surface area contributed by atoms with E-state index in [1.807, 2.05) is 12.1 Å². The summed E-state index contributed by atoms with van der Waals surface area (Å²) < 4.78 is 1.75.